The Morgan fingerprint density at radius 1 is 0.806 bits per heavy atom. The van der Waals surface area contributed by atoms with E-state index >= 15 is 0 Å². The van der Waals surface area contributed by atoms with E-state index < -0.39 is 22.0 Å². The second-order valence-electron chi connectivity index (χ2n) is 6.44. The molecule has 0 amide bonds. The van der Waals surface area contributed by atoms with Gasteiger partial charge in [0.25, 0.3) is 10.0 Å². The summed E-state index contributed by atoms with van der Waals surface area (Å²) in [4.78, 5) is 23.9. The number of methoxy groups -OCH3 is 1. The summed E-state index contributed by atoms with van der Waals surface area (Å²) in [6, 6.07) is 20.2. The van der Waals surface area contributed by atoms with Gasteiger partial charge in [0.1, 0.15) is 5.75 Å². The van der Waals surface area contributed by atoms with Crippen LogP contribution in [-0.2, 0) is 14.8 Å². The van der Waals surface area contributed by atoms with E-state index in [1.165, 1.54) is 59.9 Å². The second-order valence-corrected chi connectivity index (χ2v) is 8.30. The fourth-order valence-corrected chi connectivity index (χ4v) is 4.39. The van der Waals surface area contributed by atoms with E-state index in [4.69, 9.17) is 4.74 Å². The average Bonchev–Trinajstić information content (AvgIpc) is 2.80. The number of hydrogen-bond donors (Lipinski definition) is 0. The molecule has 0 aromatic heterocycles. The first-order valence-electron chi connectivity index (χ1n) is 9.45. The SMILES string of the molecule is CCN(c1ccccc1)S(=O)(=O)c1ccc(C(=O)Oc2ccc(C(=O)OC)cc2)cc1. The van der Waals surface area contributed by atoms with Crippen LogP contribution < -0.4 is 9.04 Å². The van der Waals surface area contributed by atoms with Gasteiger partial charge in [0.05, 0.1) is 28.8 Å². The Bertz CT molecular complexity index is 1160. The van der Waals surface area contributed by atoms with Crippen molar-refractivity contribution in [2.75, 3.05) is 18.0 Å². The van der Waals surface area contributed by atoms with Gasteiger partial charge in [0, 0.05) is 6.54 Å². The number of benzene rings is 3. The summed E-state index contributed by atoms with van der Waals surface area (Å²) in [5.41, 5.74) is 1.08. The highest BCUT2D eigenvalue weighted by Gasteiger charge is 2.24. The lowest BCUT2D eigenvalue weighted by Crippen LogP contribution is -2.30. The maximum absolute atomic E-state index is 13.0. The molecule has 0 unspecified atom stereocenters. The minimum Gasteiger partial charge on any atom is -0.465 e. The maximum atomic E-state index is 13.0. The lowest BCUT2D eigenvalue weighted by molar-refractivity contribution is 0.0600. The minimum atomic E-state index is -3.78. The van der Waals surface area contributed by atoms with Crippen LogP contribution in [0.15, 0.2) is 83.8 Å². The van der Waals surface area contributed by atoms with Crippen LogP contribution in [0.5, 0.6) is 5.75 Å². The number of para-hydroxylation sites is 1. The Labute approximate surface area is 180 Å². The van der Waals surface area contributed by atoms with Crippen molar-refractivity contribution in [1.82, 2.24) is 0 Å². The molecule has 0 spiro atoms. The zero-order valence-electron chi connectivity index (χ0n) is 17.0. The van der Waals surface area contributed by atoms with Gasteiger partial charge in [0.15, 0.2) is 0 Å². The van der Waals surface area contributed by atoms with Gasteiger partial charge in [0.2, 0.25) is 0 Å². The molecule has 3 rings (SSSR count). The largest absolute Gasteiger partial charge is 0.465 e. The van der Waals surface area contributed by atoms with E-state index in [9.17, 15) is 18.0 Å². The predicted molar refractivity (Wildman–Crippen MR) is 116 cm³/mol. The summed E-state index contributed by atoms with van der Waals surface area (Å²) in [5, 5.41) is 0. The molecule has 3 aromatic rings. The zero-order chi connectivity index (χ0) is 22.4. The number of carbonyl (C=O) groups excluding carboxylic acids is 2. The topological polar surface area (TPSA) is 90.0 Å². The van der Waals surface area contributed by atoms with Gasteiger partial charge < -0.3 is 9.47 Å². The van der Waals surface area contributed by atoms with Crippen LogP contribution in [0.25, 0.3) is 0 Å². The molecular formula is C23H21NO6S. The van der Waals surface area contributed by atoms with Crippen molar-refractivity contribution in [3.63, 3.8) is 0 Å². The van der Waals surface area contributed by atoms with Gasteiger partial charge in [-0.25, -0.2) is 18.0 Å². The van der Waals surface area contributed by atoms with Gasteiger partial charge in [-0.05, 0) is 67.6 Å². The zero-order valence-corrected chi connectivity index (χ0v) is 17.8. The highest BCUT2D eigenvalue weighted by Crippen LogP contribution is 2.24. The number of nitrogens with zero attached hydrogens (tertiary/aromatic N) is 1. The third-order valence-electron chi connectivity index (χ3n) is 4.50. The minimum absolute atomic E-state index is 0.0668. The first-order chi connectivity index (χ1) is 14.9. The van der Waals surface area contributed by atoms with Crippen LogP contribution in [0.1, 0.15) is 27.6 Å². The first kappa shape index (κ1) is 22.0. The molecule has 0 fully saturated rings. The molecule has 7 nitrogen and oxygen atoms in total. The summed E-state index contributed by atoms with van der Waals surface area (Å²) < 4.78 is 37.2. The fraction of sp³-hybridized carbons (Fsp3) is 0.130. The number of sulfonamides is 1. The number of hydrogen-bond acceptors (Lipinski definition) is 6. The van der Waals surface area contributed by atoms with E-state index in [-0.39, 0.29) is 22.8 Å². The Balaban J connectivity index is 1.76. The van der Waals surface area contributed by atoms with Gasteiger partial charge in [-0.3, -0.25) is 4.31 Å². The Hall–Kier alpha value is -3.65. The highest BCUT2D eigenvalue weighted by molar-refractivity contribution is 7.92. The van der Waals surface area contributed by atoms with Crippen molar-refractivity contribution < 1.29 is 27.5 Å². The van der Waals surface area contributed by atoms with Crippen LogP contribution in [0, 0.1) is 0 Å². The number of ether oxygens (including phenoxy) is 2. The number of anilines is 1. The second kappa shape index (κ2) is 9.44. The summed E-state index contributed by atoms with van der Waals surface area (Å²) in [7, 11) is -2.51. The van der Waals surface area contributed by atoms with Crippen molar-refractivity contribution in [2.24, 2.45) is 0 Å². The van der Waals surface area contributed by atoms with Crippen molar-refractivity contribution in [1.29, 1.82) is 0 Å². The van der Waals surface area contributed by atoms with Crippen molar-refractivity contribution in [2.45, 2.75) is 11.8 Å². The summed E-state index contributed by atoms with van der Waals surface area (Å²) in [6.45, 7) is 2.01. The van der Waals surface area contributed by atoms with E-state index in [1.807, 2.05) is 6.07 Å². The van der Waals surface area contributed by atoms with Crippen LogP contribution in [0.3, 0.4) is 0 Å². The highest BCUT2D eigenvalue weighted by atomic mass is 32.2. The Morgan fingerprint density at radius 2 is 1.35 bits per heavy atom. The van der Waals surface area contributed by atoms with E-state index in [0.29, 0.717) is 11.3 Å². The molecule has 0 N–H and O–H groups in total. The lowest BCUT2D eigenvalue weighted by Gasteiger charge is -2.22. The van der Waals surface area contributed by atoms with Crippen LogP contribution in [-0.4, -0.2) is 34.0 Å². The Morgan fingerprint density at radius 3 is 1.90 bits per heavy atom. The molecule has 0 aliphatic heterocycles. The molecule has 0 heterocycles. The molecule has 160 valence electrons. The molecule has 0 atom stereocenters. The van der Waals surface area contributed by atoms with Gasteiger partial charge in [-0.2, -0.15) is 0 Å². The molecule has 0 aliphatic rings. The van der Waals surface area contributed by atoms with Gasteiger partial charge >= 0.3 is 11.9 Å². The molecule has 0 bridgehead atoms. The number of esters is 2. The van der Waals surface area contributed by atoms with Crippen LogP contribution in [0.4, 0.5) is 5.69 Å². The quantitative estimate of drug-likeness (QED) is 0.410. The first-order valence-corrected chi connectivity index (χ1v) is 10.9. The maximum Gasteiger partial charge on any atom is 0.343 e. The van der Waals surface area contributed by atoms with Crippen molar-refractivity contribution >= 4 is 27.6 Å². The molecule has 0 aliphatic carbocycles. The molecule has 3 aromatic carbocycles. The molecule has 8 heteroatoms. The monoisotopic (exact) mass is 439 g/mol. The molecule has 31 heavy (non-hydrogen) atoms. The molecular weight excluding hydrogens is 418 g/mol. The summed E-state index contributed by atoms with van der Waals surface area (Å²) >= 11 is 0. The smallest absolute Gasteiger partial charge is 0.343 e. The van der Waals surface area contributed by atoms with Gasteiger partial charge in [-0.15, -0.1) is 0 Å². The van der Waals surface area contributed by atoms with Crippen LogP contribution in [0.2, 0.25) is 0 Å². The number of rotatable bonds is 7. The normalized spacial score (nSPS) is 10.9. The van der Waals surface area contributed by atoms with Gasteiger partial charge in [-0.1, -0.05) is 18.2 Å². The third-order valence-corrected chi connectivity index (χ3v) is 6.41. The van der Waals surface area contributed by atoms with E-state index in [1.54, 1.807) is 31.2 Å². The standard InChI is InChI=1S/C23H21NO6S/c1-3-24(19-7-5-4-6-8-19)31(27,28)21-15-11-18(12-16-21)23(26)30-20-13-9-17(10-14-20)22(25)29-2/h4-16H,3H2,1-2H3. The molecule has 0 radical (unpaired) electrons. The van der Waals surface area contributed by atoms with E-state index in [2.05, 4.69) is 4.74 Å². The van der Waals surface area contributed by atoms with Crippen molar-refractivity contribution in [3.8, 4) is 5.75 Å². The third kappa shape index (κ3) is 4.92. The average molecular weight is 439 g/mol. The lowest BCUT2D eigenvalue weighted by atomic mass is 10.2. The summed E-state index contributed by atoms with van der Waals surface area (Å²) in [6.07, 6.45) is 0. The van der Waals surface area contributed by atoms with Crippen molar-refractivity contribution in [3.05, 3.63) is 90.0 Å². The molecule has 0 saturated carbocycles. The Kier molecular flexibility index (Phi) is 6.71. The van der Waals surface area contributed by atoms with E-state index in [0.717, 1.165) is 0 Å². The summed E-state index contributed by atoms with van der Waals surface area (Å²) in [5.74, 6) is -0.896. The predicted octanol–water partition coefficient (Wildman–Crippen LogP) is 3.91. The molecule has 0 saturated heterocycles. The van der Waals surface area contributed by atoms with Crippen LogP contribution >= 0.6 is 0 Å². The number of carbonyl (C=O) groups is 2. The fourth-order valence-electron chi connectivity index (χ4n) is 2.92.